The molecule has 0 aliphatic heterocycles. The molecule has 1 aliphatic rings. The third-order valence-electron chi connectivity index (χ3n) is 5.07. The lowest BCUT2D eigenvalue weighted by molar-refractivity contribution is -0.121. The van der Waals surface area contributed by atoms with Crippen molar-refractivity contribution in [3.05, 3.63) is 59.7 Å². The quantitative estimate of drug-likeness (QED) is 0.695. The summed E-state index contributed by atoms with van der Waals surface area (Å²) in [5.74, 6) is -0.0183. The van der Waals surface area contributed by atoms with Gasteiger partial charge in [-0.25, -0.2) is 13.1 Å². The van der Waals surface area contributed by atoms with E-state index < -0.39 is 14.8 Å². The monoisotopic (exact) mass is 400 g/mol. The summed E-state index contributed by atoms with van der Waals surface area (Å²) in [5, 5.41) is 3.15. The van der Waals surface area contributed by atoms with E-state index >= 15 is 0 Å². The van der Waals surface area contributed by atoms with E-state index in [1.807, 2.05) is 24.3 Å². The molecule has 3 rings (SSSR count). The number of benzene rings is 2. The van der Waals surface area contributed by atoms with Gasteiger partial charge in [-0.1, -0.05) is 48.5 Å². The molecule has 0 bridgehead atoms. The van der Waals surface area contributed by atoms with Gasteiger partial charge in [0.15, 0.2) is 0 Å². The van der Waals surface area contributed by atoms with Gasteiger partial charge in [0.05, 0.1) is 10.8 Å². The van der Waals surface area contributed by atoms with E-state index in [9.17, 15) is 13.2 Å². The number of unbranched alkanes of at least 4 members (excludes halogenated alkanes) is 1. The van der Waals surface area contributed by atoms with Gasteiger partial charge in [0, 0.05) is 13.0 Å². The van der Waals surface area contributed by atoms with Gasteiger partial charge in [-0.3, -0.25) is 4.79 Å². The number of hydrogen-bond acceptors (Lipinski definition) is 3. The third-order valence-corrected chi connectivity index (χ3v) is 7.26. The second-order valence-electron chi connectivity index (χ2n) is 8.14. The van der Waals surface area contributed by atoms with E-state index in [4.69, 9.17) is 0 Å². The first kappa shape index (κ1) is 20.6. The van der Waals surface area contributed by atoms with Crippen LogP contribution in [0.25, 0.3) is 11.1 Å². The van der Waals surface area contributed by atoms with Gasteiger partial charge in [-0.2, -0.15) is 0 Å². The number of sulfonamides is 1. The first-order valence-electron chi connectivity index (χ1n) is 9.67. The SMILES string of the molecule is CC(C)(C)S(=O)(=O)NCCCCC(=O)NC1c2ccccc2-c2ccccc21. The number of amides is 1. The molecule has 5 nitrogen and oxygen atoms in total. The van der Waals surface area contributed by atoms with E-state index in [1.165, 1.54) is 11.1 Å². The van der Waals surface area contributed by atoms with Crippen LogP contribution < -0.4 is 10.0 Å². The molecule has 28 heavy (non-hydrogen) atoms. The Kier molecular flexibility index (Phi) is 5.91. The number of nitrogens with one attached hydrogen (secondary N) is 2. The van der Waals surface area contributed by atoms with Gasteiger partial charge in [-0.05, 0) is 55.9 Å². The predicted molar refractivity (Wildman–Crippen MR) is 112 cm³/mol. The Morgan fingerprint density at radius 3 is 2.00 bits per heavy atom. The zero-order valence-electron chi connectivity index (χ0n) is 16.7. The zero-order valence-corrected chi connectivity index (χ0v) is 17.5. The molecular formula is C22H28N2O3S. The molecule has 0 radical (unpaired) electrons. The molecule has 1 amide bonds. The standard InChI is InChI=1S/C22H28N2O3S/c1-22(2,3)28(26,27)23-15-9-8-14-20(25)24-21-18-12-6-4-10-16(18)17-11-5-7-13-19(17)21/h4-7,10-13,21,23H,8-9,14-15H2,1-3H3,(H,24,25). The minimum Gasteiger partial charge on any atom is -0.345 e. The first-order valence-corrected chi connectivity index (χ1v) is 11.2. The average molecular weight is 401 g/mol. The number of hydrogen-bond donors (Lipinski definition) is 2. The van der Waals surface area contributed by atoms with Crippen molar-refractivity contribution in [2.75, 3.05) is 6.54 Å². The van der Waals surface area contributed by atoms with Crippen molar-refractivity contribution in [2.24, 2.45) is 0 Å². The molecule has 0 atom stereocenters. The molecule has 6 heteroatoms. The van der Waals surface area contributed by atoms with Crippen LogP contribution in [-0.2, 0) is 14.8 Å². The van der Waals surface area contributed by atoms with Crippen LogP contribution in [0, 0.1) is 0 Å². The van der Waals surface area contributed by atoms with Gasteiger partial charge < -0.3 is 5.32 Å². The predicted octanol–water partition coefficient (Wildman–Crippen LogP) is 3.76. The third kappa shape index (κ3) is 4.28. The number of fused-ring (bicyclic) bond motifs is 3. The fourth-order valence-electron chi connectivity index (χ4n) is 3.38. The molecule has 0 saturated heterocycles. The Morgan fingerprint density at radius 1 is 0.929 bits per heavy atom. The highest BCUT2D eigenvalue weighted by molar-refractivity contribution is 7.90. The van der Waals surface area contributed by atoms with Crippen molar-refractivity contribution in [2.45, 2.75) is 50.8 Å². The Balaban J connectivity index is 1.54. The molecule has 0 unspecified atom stereocenters. The van der Waals surface area contributed by atoms with Gasteiger partial charge >= 0.3 is 0 Å². The molecule has 2 aromatic rings. The lowest BCUT2D eigenvalue weighted by Gasteiger charge is -2.19. The van der Waals surface area contributed by atoms with Crippen LogP contribution in [0.5, 0.6) is 0 Å². The van der Waals surface area contributed by atoms with Gasteiger partial charge in [0.2, 0.25) is 15.9 Å². The zero-order chi connectivity index (χ0) is 20.4. The maximum atomic E-state index is 12.5. The minimum absolute atomic E-state index is 0.0183. The molecule has 150 valence electrons. The Hall–Kier alpha value is -2.18. The molecule has 2 aromatic carbocycles. The number of rotatable bonds is 7. The van der Waals surface area contributed by atoms with Crippen LogP contribution in [0.2, 0.25) is 0 Å². The van der Waals surface area contributed by atoms with Crippen LogP contribution in [0.3, 0.4) is 0 Å². The average Bonchev–Trinajstić information content (AvgIpc) is 2.95. The number of carbonyl (C=O) groups excluding carboxylic acids is 1. The second kappa shape index (κ2) is 8.05. The van der Waals surface area contributed by atoms with E-state index in [2.05, 4.69) is 34.3 Å². The van der Waals surface area contributed by atoms with Crippen molar-refractivity contribution in [3.63, 3.8) is 0 Å². The van der Waals surface area contributed by atoms with Crippen LogP contribution in [-0.4, -0.2) is 25.6 Å². The molecule has 0 heterocycles. The lowest BCUT2D eigenvalue weighted by Crippen LogP contribution is -2.39. The molecule has 0 fully saturated rings. The van der Waals surface area contributed by atoms with Crippen LogP contribution in [0.4, 0.5) is 0 Å². The maximum Gasteiger partial charge on any atom is 0.220 e. The molecular weight excluding hydrogens is 372 g/mol. The van der Waals surface area contributed by atoms with Crippen LogP contribution >= 0.6 is 0 Å². The highest BCUT2D eigenvalue weighted by atomic mass is 32.2. The largest absolute Gasteiger partial charge is 0.345 e. The van der Waals surface area contributed by atoms with E-state index in [1.54, 1.807) is 20.8 Å². The maximum absolute atomic E-state index is 12.5. The summed E-state index contributed by atoms with van der Waals surface area (Å²) in [6, 6.07) is 16.2. The summed E-state index contributed by atoms with van der Waals surface area (Å²) in [6.45, 7) is 5.35. The van der Waals surface area contributed by atoms with Gasteiger partial charge in [0.1, 0.15) is 0 Å². The van der Waals surface area contributed by atoms with Crippen molar-refractivity contribution in [1.82, 2.24) is 10.0 Å². The summed E-state index contributed by atoms with van der Waals surface area (Å²) in [5.41, 5.74) is 4.57. The highest BCUT2D eigenvalue weighted by Gasteiger charge is 2.29. The fraction of sp³-hybridized carbons (Fsp3) is 0.409. The van der Waals surface area contributed by atoms with Gasteiger partial charge in [-0.15, -0.1) is 0 Å². The number of carbonyl (C=O) groups is 1. The Bertz CT molecular complexity index is 916. The minimum atomic E-state index is -3.33. The first-order chi connectivity index (χ1) is 13.2. The second-order valence-corrected chi connectivity index (χ2v) is 10.7. The summed E-state index contributed by atoms with van der Waals surface area (Å²) in [4.78, 5) is 12.5. The highest BCUT2D eigenvalue weighted by Crippen LogP contribution is 2.42. The molecule has 0 aromatic heterocycles. The topological polar surface area (TPSA) is 75.3 Å². The summed E-state index contributed by atoms with van der Waals surface area (Å²) < 4.78 is 25.8. The van der Waals surface area contributed by atoms with Crippen molar-refractivity contribution in [1.29, 1.82) is 0 Å². The summed E-state index contributed by atoms with van der Waals surface area (Å²) >= 11 is 0. The summed E-state index contributed by atoms with van der Waals surface area (Å²) in [7, 11) is -3.33. The van der Waals surface area contributed by atoms with Crippen molar-refractivity contribution < 1.29 is 13.2 Å². The van der Waals surface area contributed by atoms with E-state index in [-0.39, 0.29) is 11.9 Å². The van der Waals surface area contributed by atoms with Crippen LogP contribution in [0.1, 0.15) is 57.2 Å². The van der Waals surface area contributed by atoms with Crippen molar-refractivity contribution >= 4 is 15.9 Å². The fourth-order valence-corrected chi connectivity index (χ4v) is 4.22. The molecule has 1 aliphatic carbocycles. The Labute approximate surface area is 167 Å². The molecule has 2 N–H and O–H groups in total. The summed E-state index contributed by atoms with van der Waals surface area (Å²) in [6.07, 6.45) is 1.63. The van der Waals surface area contributed by atoms with E-state index in [0.29, 0.717) is 25.8 Å². The van der Waals surface area contributed by atoms with E-state index in [0.717, 1.165) is 11.1 Å². The molecule has 0 spiro atoms. The van der Waals surface area contributed by atoms with Gasteiger partial charge in [0.25, 0.3) is 0 Å². The molecule has 0 saturated carbocycles. The normalized spacial score (nSPS) is 13.8. The van der Waals surface area contributed by atoms with Crippen LogP contribution in [0.15, 0.2) is 48.5 Å². The smallest absolute Gasteiger partial charge is 0.220 e. The lowest BCUT2D eigenvalue weighted by atomic mass is 10.1. The Morgan fingerprint density at radius 2 is 1.46 bits per heavy atom. The van der Waals surface area contributed by atoms with Crippen molar-refractivity contribution in [3.8, 4) is 11.1 Å².